The fourth-order valence-corrected chi connectivity index (χ4v) is 2.44. The Balaban J connectivity index is 1.93. The van der Waals surface area contributed by atoms with E-state index in [0.29, 0.717) is 11.2 Å². The zero-order valence-electron chi connectivity index (χ0n) is 10.4. The van der Waals surface area contributed by atoms with Crippen LogP contribution in [0.3, 0.4) is 0 Å². The molecule has 3 rings (SSSR count). The molecule has 2 aliphatic rings. The zero-order chi connectivity index (χ0) is 12.0. The van der Waals surface area contributed by atoms with Gasteiger partial charge in [0.05, 0.1) is 0 Å². The van der Waals surface area contributed by atoms with Crippen molar-refractivity contribution in [2.75, 3.05) is 11.4 Å². The standard InChI is InChI=1S/C13H18ClN3/c1-8-12(14)15-9(2)16-13(8)17(11-5-6-11)7-10-3-4-10/h10-11H,3-7H2,1-2H3. The monoisotopic (exact) mass is 251 g/mol. The molecule has 0 aromatic carbocycles. The van der Waals surface area contributed by atoms with Crippen molar-refractivity contribution in [3.63, 3.8) is 0 Å². The highest BCUT2D eigenvalue weighted by molar-refractivity contribution is 6.30. The Morgan fingerprint density at radius 1 is 1.18 bits per heavy atom. The van der Waals surface area contributed by atoms with Gasteiger partial charge in [0.2, 0.25) is 0 Å². The maximum atomic E-state index is 6.16. The minimum Gasteiger partial charge on any atom is -0.353 e. The van der Waals surface area contributed by atoms with Gasteiger partial charge in [-0.2, -0.15) is 0 Å². The molecule has 1 aromatic heterocycles. The Hall–Kier alpha value is -0.830. The van der Waals surface area contributed by atoms with E-state index in [0.717, 1.165) is 29.7 Å². The maximum absolute atomic E-state index is 6.16. The Morgan fingerprint density at radius 3 is 2.47 bits per heavy atom. The van der Waals surface area contributed by atoms with Crippen LogP contribution >= 0.6 is 11.6 Å². The predicted octanol–water partition coefficient (Wildman–Crippen LogP) is 3.13. The number of hydrogen-bond donors (Lipinski definition) is 0. The Labute approximate surface area is 107 Å². The number of anilines is 1. The minimum atomic E-state index is 0.606. The molecule has 92 valence electrons. The first kappa shape index (κ1) is 11.3. The second-order valence-corrected chi connectivity index (χ2v) is 5.70. The second-order valence-electron chi connectivity index (χ2n) is 5.34. The van der Waals surface area contributed by atoms with Crippen LogP contribution in [-0.2, 0) is 0 Å². The van der Waals surface area contributed by atoms with Gasteiger partial charge >= 0.3 is 0 Å². The van der Waals surface area contributed by atoms with Crippen molar-refractivity contribution in [3.8, 4) is 0 Å². The third-order valence-corrected chi connectivity index (χ3v) is 3.95. The van der Waals surface area contributed by atoms with Crippen LogP contribution in [0.15, 0.2) is 0 Å². The highest BCUT2D eigenvalue weighted by atomic mass is 35.5. The third-order valence-electron chi connectivity index (χ3n) is 3.58. The highest BCUT2D eigenvalue weighted by Crippen LogP contribution is 2.38. The van der Waals surface area contributed by atoms with Gasteiger partial charge in [0.25, 0.3) is 0 Å². The number of nitrogens with zero attached hydrogens (tertiary/aromatic N) is 3. The fraction of sp³-hybridized carbons (Fsp3) is 0.692. The molecule has 0 bridgehead atoms. The molecule has 2 fully saturated rings. The van der Waals surface area contributed by atoms with Gasteiger partial charge in [-0.15, -0.1) is 0 Å². The summed E-state index contributed by atoms with van der Waals surface area (Å²) in [4.78, 5) is 11.3. The van der Waals surface area contributed by atoms with Crippen LogP contribution in [0, 0.1) is 19.8 Å². The van der Waals surface area contributed by atoms with Crippen molar-refractivity contribution in [3.05, 3.63) is 16.5 Å². The molecule has 2 aliphatic carbocycles. The largest absolute Gasteiger partial charge is 0.353 e. The molecule has 0 radical (unpaired) electrons. The third kappa shape index (κ3) is 2.39. The summed E-state index contributed by atoms with van der Waals surface area (Å²) in [5.74, 6) is 2.72. The van der Waals surface area contributed by atoms with E-state index < -0.39 is 0 Å². The molecule has 17 heavy (non-hydrogen) atoms. The van der Waals surface area contributed by atoms with Gasteiger partial charge in [0.15, 0.2) is 0 Å². The van der Waals surface area contributed by atoms with Gasteiger partial charge < -0.3 is 4.90 Å². The van der Waals surface area contributed by atoms with Crippen LogP contribution in [0.5, 0.6) is 0 Å². The van der Waals surface area contributed by atoms with E-state index in [-0.39, 0.29) is 0 Å². The molecule has 0 saturated heterocycles. The second kappa shape index (κ2) is 4.13. The minimum absolute atomic E-state index is 0.606. The molecule has 0 aliphatic heterocycles. The van der Waals surface area contributed by atoms with Crippen molar-refractivity contribution in [1.82, 2.24) is 9.97 Å². The average molecular weight is 252 g/mol. The average Bonchev–Trinajstić information content (AvgIpc) is 3.13. The predicted molar refractivity (Wildman–Crippen MR) is 69.6 cm³/mol. The van der Waals surface area contributed by atoms with E-state index in [1.807, 2.05) is 13.8 Å². The van der Waals surface area contributed by atoms with Gasteiger partial charge in [-0.25, -0.2) is 9.97 Å². The molecule has 0 amide bonds. The summed E-state index contributed by atoms with van der Waals surface area (Å²) in [6.07, 6.45) is 5.35. The zero-order valence-corrected chi connectivity index (χ0v) is 11.2. The van der Waals surface area contributed by atoms with Gasteiger partial charge in [0.1, 0.15) is 16.8 Å². The lowest BCUT2D eigenvalue weighted by Crippen LogP contribution is -2.30. The van der Waals surface area contributed by atoms with E-state index in [1.165, 1.54) is 25.7 Å². The number of halogens is 1. The molecule has 0 atom stereocenters. The molecule has 1 heterocycles. The van der Waals surface area contributed by atoms with Crippen LogP contribution in [0.2, 0.25) is 5.15 Å². The lowest BCUT2D eigenvalue weighted by molar-refractivity contribution is 0.702. The molecule has 4 heteroatoms. The summed E-state index contributed by atoms with van der Waals surface area (Å²) in [7, 11) is 0. The molecule has 2 saturated carbocycles. The van der Waals surface area contributed by atoms with E-state index in [1.54, 1.807) is 0 Å². The van der Waals surface area contributed by atoms with E-state index >= 15 is 0 Å². The molecule has 3 nitrogen and oxygen atoms in total. The van der Waals surface area contributed by atoms with Crippen molar-refractivity contribution in [2.24, 2.45) is 5.92 Å². The van der Waals surface area contributed by atoms with Crippen molar-refractivity contribution in [2.45, 2.75) is 45.6 Å². The van der Waals surface area contributed by atoms with Crippen molar-refractivity contribution < 1.29 is 0 Å². The lowest BCUT2D eigenvalue weighted by atomic mass is 10.2. The van der Waals surface area contributed by atoms with Crippen LogP contribution in [-0.4, -0.2) is 22.6 Å². The lowest BCUT2D eigenvalue weighted by Gasteiger charge is -2.25. The molecule has 1 aromatic rings. The number of hydrogen-bond acceptors (Lipinski definition) is 3. The molecule has 0 unspecified atom stereocenters. The fourth-order valence-electron chi connectivity index (χ4n) is 2.23. The van der Waals surface area contributed by atoms with Gasteiger partial charge in [-0.1, -0.05) is 11.6 Å². The summed E-state index contributed by atoms with van der Waals surface area (Å²) in [6.45, 7) is 5.09. The quantitative estimate of drug-likeness (QED) is 0.770. The van der Waals surface area contributed by atoms with E-state index in [2.05, 4.69) is 14.9 Å². The van der Waals surface area contributed by atoms with Crippen LogP contribution in [0.25, 0.3) is 0 Å². The summed E-state index contributed by atoms with van der Waals surface area (Å²) in [6, 6.07) is 0.694. The smallest absolute Gasteiger partial charge is 0.137 e. The molecule has 0 spiro atoms. The Morgan fingerprint density at radius 2 is 1.88 bits per heavy atom. The SMILES string of the molecule is Cc1nc(Cl)c(C)c(N(CC2CC2)C2CC2)n1. The van der Waals surface area contributed by atoms with Crippen LogP contribution in [0.4, 0.5) is 5.82 Å². The maximum Gasteiger partial charge on any atom is 0.137 e. The summed E-state index contributed by atoms with van der Waals surface area (Å²) in [5, 5.41) is 0.606. The first-order valence-corrected chi connectivity index (χ1v) is 6.80. The normalized spacial score (nSPS) is 19.5. The number of rotatable bonds is 4. The summed E-state index contributed by atoms with van der Waals surface area (Å²) < 4.78 is 0. The van der Waals surface area contributed by atoms with Crippen LogP contribution < -0.4 is 4.90 Å². The molecular formula is C13H18ClN3. The van der Waals surface area contributed by atoms with Crippen molar-refractivity contribution >= 4 is 17.4 Å². The topological polar surface area (TPSA) is 29.0 Å². The van der Waals surface area contributed by atoms with E-state index in [4.69, 9.17) is 11.6 Å². The summed E-state index contributed by atoms with van der Waals surface area (Å²) >= 11 is 6.16. The molecule has 0 N–H and O–H groups in total. The first-order valence-electron chi connectivity index (χ1n) is 6.42. The van der Waals surface area contributed by atoms with Crippen molar-refractivity contribution in [1.29, 1.82) is 0 Å². The number of aryl methyl sites for hydroxylation is 1. The Bertz CT molecular complexity index is 439. The summed E-state index contributed by atoms with van der Waals surface area (Å²) in [5.41, 5.74) is 1.03. The Kier molecular flexibility index (Phi) is 2.74. The first-order chi connectivity index (χ1) is 8.15. The van der Waals surface area contributed by atoms with Crippen LogP contribution in [0.1, 0.15) is 37.1 Å². The van der Waals surface area contributed by atoms with Gasteiger partial charge in [-0.3, -0.25) is 0 Å². The van der Waals surface area contributed by atoms with Gasteiger partial charge in [0, 0.05) is 18.2 Å². The molecular weight excluding hydrogens is 234 g/mol. The highest BCUT2D eigenvalue weighted by Gasteiger charge is 2.35. The van der Waals surface area contributed by atoms with E-state index in [9.17, 15) is 0 Å². The van der Waals surface area contributed by atoms with Gasteiger partial charge in [-0.05, 0) is 45.4 Å². The number of aromatic nitrogens is 2.